The molecule has 1 aromatic carbocycles. The van der Waals surface area contributed by atoms with E-state index >= 15 is 0 Å². The average molecular weight is 237 g/mol. The number of hydrogen-bond acceptors (Lipinski definition) is 3. The Morgan fingerprint density at radius 2 is 2.19 bits per heavy atom. The highest BCUT2D eigenvalue weighted by atomic mass is 32.2. The Kier molecular flexibility index (Phi) is 3.51. The van der Waals surface area contributed by atoms with E-state index in [9.17, 15) is 9.90 Å². The number of nitrogens with one attached hydrogen (secondary N) is 1. The molecule has 1 saturated heterocycles. The molecule has 86 valence electrons. The monoisotopic (exact) mass is 237 g/mol. The Hall–Kier alpha value is -1.00. The third kappa shape index (κ3) is 2.77. The van der Waals surface area contributed by atoms with Crippen molar-refractivity contribution in [3.05, 3.63) is 35.9 Å². The van der Waals surface area contributed by atoms with Crippen LogP contribution in [0.4, 0.5) is 0 Å². The van der Waals surface area contributed by atoms with E-state index in [0.29, 0.717) is 17.9 Å². The molecule has 1 aromatic rings. The van der Waals surface area contributed by atoms with Gasteiger partial charge in [-0.3, -0.25) is 4.79 Å². The molecule has 0 aromatic heterocycles. The third-order valence-corrected chi connectivity index (χ3v) is 3.93. The lowest BCUT2D eigenvalue weighted by Gasteiger charge is -2.21. The predicted molar refractivity (Wildman–Crippen MR) is 65.7 cm³/mol. The second-order valence-corrected chi connectivity index (χ2v) is 5.18. The van der Waals surface area contributed by atoms with Crippen molar-refractivity contribution in [2.24, 2.45) is 0 Å². The maximum absolute atomic E-state index is 11.7. The van der Waals surface area contributed by atoms with E-state index in [4.69, 9.17) is 0 Å². The van der Waals surface area contributed by atoms with Gasteiger partial charge in [-0.05, 0) is 24.3 Å². The van der Waals surface area contributed by atoms with E-state index in [-0.39, 0.29) is 5.91 Å². The quantitative estimate of drug-likeness (QED) is 0.832. The first-order valence-electron chi connectivity index (χ1n) is 5.33. The number of carbonyl (C=O) groups excluding carboxylic acids is 1. The molecule has 0 bridgehead atoms. The minimum Gasteiger partial charge on any atom is -0.387 e. The fourth-order valence-corrected chi connectivity index (χ4v) is 2.97. The molecule has 0 aliphatic carbocycles. The zero-order chi connectivity index (χ0) is 11.4. The van der Waals surface area contributed by atoms with Gasteiger partial charge in [0.2, 0.25) is 0 Å². The van der Waals surface area contributed by atoms with Gasteiger partial charge in [0.1, 0.15) is 0 Å². The molecule has 1 amide bonds. The van der Waals surface area contributed by atoms with Crippen molar-refractivity contribution in [3.63, 3.8) is 0 Å². The van der Waals surface area contributed by atoms with Crippen molar-refractivity contribution < 1.29 is 9.90 Å². The Balaban J connectivity index is 1.89. The SMILES string of the molecule is O=C(NCC1(O)CCSC1)c1ccccc1. The first-order valence-corrected chi connectivity index (χ1v) is 6.48. The maximum atomic E-state index is 11.7. The number of thioether (sulfide) groups is 1. The van der Waals surface area contributed by atoms with Crippen molar-refractivity contribution in [3.8, 4) is 0 Å². The molecule has 1 aliphatic rings. The van der Waals surface area contributed by atoms with Crippen molar-refractivity contribution in [2.75, 3.05) is 18.1 Å². The number of hydrogen-bond donors (Lipinski definition) is 2. The topological polar surface area (TPSA) is 49.3 Å². The molecule has 1 atom stereocenters. The first kappa shape index (κ1) is 11.5. The molecule has 2 rings (SSSR count). The molecular formula is C12H15NO2S. The molecule has 1 unspecified atom stereocenters. The minimum atomic E-state index is -0.713. The lowest BCUT2D eigenvalue weighted by molar-refractivity contribution is 0.0612. The largest absolute Gasteiger partial charge is 0.387 e. The summed E-state index contributed by atoms with van der Waals surface area (Å²) in [6.45, 7) is 0.341. The van der Waals surface area contributed by atoms with E-state index in [1.807, 2.05) is 18.2 Å². The minimum absolute atomic E-state index is 0.120. The smallest absolute Gasteiger partial charge is 0.251 e. The van der Waals surface area contributed by atoms with Gasteiger partial charge in [-0.1, -0.05) is 18.2 Å². The Morgan fingerprint density at radius 3 is 2.81 bits per heavy atom. The van der Waals surface area contributed by atoms with E-state index in [1.165, 1.54) is 0 Å². The van der Waals surface area contributed by atoms with Crippen molar-refractivity contribution in [2.45, 2.75) is 12.0 Å². The fourth-order valence-electron chi connectivity index (χ4n) is 1.67. The molecular weight excluding hydrogens is 222 g/mol. The first-order chi connectivity index (χ1) is 7.70. The summed E-state index contributed by atoms with van der Waals surface area (Å²) in [4.78, 5) is 11.7. The van der Waals surface area contributed by atoms with E-state index < -0.39 is 5.60 Å². The van der Waals surface area contributed by atoms with Crippen LogP contribution in [0.3, 0.4) is 0 Å². The van der Waals surface area contributed by atoms with Gasteiger partial charge in [-0.2, -0.15) is 11.8 Å². The van der Waals surface area contributed by atoms with Gasteiger partial charge in [-0.25, -0.2) is 0 Å². The van der Waals surface area contributed by atoms with Crippen LogP contribution in [-0.4, -0.2) is 34.7 Å². The summed E-state index contributed by atoms with van der Waals surface area (Å²) >= 11 is 1.73. The number of amides is 1. The second kappa shape index (κ2) is 4.89. The van der Waals surface area contributed by atoms with Gasteiger partial charge in [0.15, 0.2) is 0 Å². The lowest BCUT2D eigenvalue weighted by atomic mass is 10.0. The Morgan fingerprint density at radius 1 is 1.44 bits per heavy atom. The van der Waals surface area contributed by atoms with Crippen LogP contribution in [0, 0.1) is 0 Å². The van der Waals surface area contributed by atoms with Gasteiger partial charge in [0.25, 0.3) is 5.91 Å². The van der Waals surface area contributed by atoms with Crippen LogP contribution in [0.25, 0.3) is 0 Å². The number of rotatable bonds is 3. The molecule has 0 spiro atoms. The van der Waals surface area contributed by atoms with Crippen LogP contribution in [0.1, 0.15) is 16.8 Å². The molecule has 1 heterocycles. The van der Waals surface area contributed by atoms with Crippen molar-refractivity contribution in [1.82, 2.24) is 5.32 Å². The van der Waals surface area contributed by atoms with Crippen LogP contribution in [0.2, 0.25) is 0 Å². The summed E-state index contributed by atoms with van der Waals surface area (Å²) in [7, 11) is 0. The summed E-state index contributed by atoms with van der Waals surface area (Å²) in [6.07, 6.45) is 0.757. The van der Waals surface area contributed by atoms with Crippen molar-refractivity contribution in [1.29, 1.82) is 0 Å². The number of carbonyl (C=O) groups is 1. The van der Waals surface area contributed by atoms with E-state index in [2.05, 4.69) is 5.32 Å². The van der Waals surface area contributed by atoms with Crippen LogP contribution in [0.15, 0.2) is 30.3 Å². The molecule has 0 radical (unpaired) electrons. The Bertz CT molecular complexity index is 361. The zero-order valence-corrected chi connectivity index (χ0v) is 9.80. The van der Waals surface area contributed by atoms with Crippen LogP contribution >= 0.6 is 11.8 Å². The molecule has 4 heteroatoms. The van der Waals surface area contributed by atoms with Crippen LogP contribution in [0.5, 0.6) is 0 Å². The lowest BCUT2D eigenvalue weighted by Crippen LogP contribution is -2.42. The number of aliphatic hydroxyl groups is 1. The van der Waals surface area contributed by atoms with Crippen LogP contribution in [-0.2, 0) is 0 Å². The van der Waals surface area contributed by atoms with Crippen molar-refractivity contribution >= 4 is 17.7 Å². The van der Waals surface area contributed by atoms with Gasteiger partial charge >= 0.3 is 0 Å². The van der Waals surface area contributed by atoms with Gasteiger partial charge in [-0.15, -0.1) is 0 Å². The summed E-state index contributed by atoms with van der Waals surface area (Å²) < 4.78 is 0. The maximum Gasteiger partial charge on any atom is 0.251 e. The summed E-state index contributed by atoms with van der Waals surface area (Å²) in [6, 6.07) is 9.06. The molecule has 2 N–H and O–H groups in total. The summed E-state index contributed by atoms with van der Waals surface area (Å²) in [5.41, 5.74) is -0.0773. The highest BCUT2D eigenvalue weighted by Gasteiger charge is 2.31. The molecule has 1 aliphatic heterocycles. The molecule has 16 heavy (non-hydrogen) atoms. The molecule has 0 saturated carbocycles. The highest BCUT2D eigenvalue weighted by molar-refractivity contribution is 7.99. The summed E-state index contributed by atoms with van der Waals surface area (Å²) in [5, 5.41) is 12.8. The van der Waals surface area contributed by atoms with E-state index in [1.54, 1.807) is 23.9 Å². The van der Waals surface area contributed by atoms with Crippen LogP contribution < -0.4 is 5.32 Å². The van der Waals surface area contributed by atoms with E-state index in [0.717, 1.165) is 12.2 Å². The highest BCUT2D eigenvalue weighted by Crippen LogP contribution is 2.26. The average Bonchev–Trinajstić information content (AvgIpc) is 2.75. The van der Waals surface area contributed by atoms with Gasteiger partial charge < -0.3 is 10.4 Å². The summed E-state index contributed by atoms with van der Waals surface area (Å²) in [5.74, 6) is 1.56. The Labute approximate surface area is 99.2 Å². The zero-order valence-electron chi connectivity index (χ0n) is 8.98. The molecule has 3 nitrogen and oxygen atoms in total. The fraction of sp³-hybridized carbons (Fsp3) is 0.417. The third-order valence-electron chi connectivity index (χ3n) is 2.70. The molecule has 1 fully saturated rings. The predicted octanol–water partition coefficient (Wildman–Crippen LogP) is 1.28. The second-order valence-electron chi connectivity index (χ2n) is 4.08. The van der Waals surface area contributed by atoms with Gasteiger partial charge in [0.05, 0.1) is 5.60 Å². The van der Waals surface area contributed by atoms with Gasteiger partial charge in [0, 0.05) is 17.9 Å². The normalized spacial score (nSPS) is 24.3. The standard InChI is InChI=1S/C12H15NO2S/c14-11(10-4-2-1-3-5-10)13-8-12(15)6-7-16-9-12/h1-5,15H,6-9H2,(H,13,14). The number of benzene rings is 1.